The fourth-order valence-corrected chi connectivity index (χ4v) is 1.16. The average Bonchev–Trinajstić information content (AvgIpc) is 2.16. The van der Waals surface area contributed by atoms with Crippen LogP contribution < -0.4 is 0 Å². The van der Waals surface area contributed by atoms with Gasteiger partial charge in [-0.15, -0.1) is 6.58 Å². The van der Waals surface area contributed by atoms with Crippen LogP contribution in [0.25, 0.3) is 0 Å². The Morgan fingerprint density at radius 2 is 1.93 bits per heavy atom. The molecule has 4 nitrogen and oxygen atoms in total. The quantitative estimate of drug-likeness (QED) is 0.490. The summed E-state index contributed by atoms with van der Waals surface area (Å²) >= 11 is 0. The monoisotopic (exact) mass is 212 g/mol. The van der Waals surface area contributed by atoms with Gasteiger partial charge in [-0.25, -0.2) is 0 Å². The van der Waals surface area contributed by atoms with E-state index in [0.717, 1.165) is 0 Å². The standard InChI is InChI=1S/C11H16O4/c1-3-5-8(11(14)15)6-10(13)7-9(12)4-2/h3,8H,1,4-7H2,2H3,(H,14,15)/t8-/m1/s1. The van der Waals surface area contributed by atoms with Gasteiger partial charge in [-0.2, -0.15) is 0 Å². The van der Waals surface area contributed by atoms with E-state index in [1.54, 1.807) is 6.92 Å². The summed E-state index contributed by atoms with van der Waals surface area (Å²) in [5.74, 6) is -2.23. The van der Waals surface area contributed by atoms with Crippen LogP contribution >= 0.6 is 0 Å². The summed E-state index contributed by atoms with van der Waals surface area (Å²) in [6.45, 7) is 5.10. The second kappa shape index (κ2) is 6.92. The minimum atomic E-state index is -1.02. The minimum Gasteiger partial charge on any atom is -0.481 e. The van der Waals surface area contributed by atoms with E-state index in [1.165, 1.54) is 6.08 Å². The molecule has 4 heteroatoms. The second-order valence-corrected chi connectivity index (χ2v) is 3.37. The van der Waals surface area contributed by atoms with Crippen LogP contribution in [0.1, 0.15) is 32.6 Å². The molecule has 0 aliphatic heterocycles. The fourth-order valence-electron chi connectivity index (χ4n) is 1.16. The van der Waals surface area contributed by atoms with Crippen molar-refractivity contribution in [2.75, 3.05) is 0 Å². The Kier molecular flexibility index (Phi) is 6.25. The highest BCUT2D eigenvalue weighted by Gasteiger charge is 2.20. The van der Waals surface area contributed by atoms with E-state index in [2.05, 4.69) is 6.58 Å². The molecule has 0 saturated heterocycles. The van der Waals surface area contributed by atoms with Crippen LogP contribution in [0.5, 0.6) is 0 Å². The Morgan fingerprint density at radius 1 is 1.33 bits per heavy atom. The molecule has 0 aromatic heterocycles. The zero-order valence-electron chi connectivity index (χ0n) is 8.86. The van der Waals surface area contributed by atoms with Crippen molar-refractivity contribution in [1.29, 1.82) is 0 Å². The summed E-state index contributed by atoms with van der Waals surface area (Å²) in [7, 11) is 0. The molecule has 15 heavy (non-hydrogen) atoms. The van der Waals surface area contributed by atoms with Crippen LogP contribution in [-0.2, 0) is 14.4 Å². The smallest absolute Gasteiger partial charge is 0.307 e. The number of carbonyl (C=O) groups excluding carboxylic acids is 2. The van der Waals surface area contributed by atoms with Gasteiger partial charge in [0, 0.05) is 12.8 Å². The topological polar surface area (TPSA) is 71.4 Å². The first-order valence-electron chi connectivity index (χ1n) is 4.88. The maximum Gasteiger partial charge on any atom is 0.307 e. The maximum absolute atomic E-state index is 11.3. The van der Waals surface area contributed by atoms with Gasteiger partial charge in [-0.05, 0) is 6.42 Å². The Morgan fingerprint density at radius 3 is 2.33 bits per heavy atom. The first-order chi connectivity index (χ1) is 7.01. The van der Waals surface area contributed by atoms with E-state index in [0.29, 0.717) is 6.42 Å². The van der Waals surface area contributed by atoms with Crippen molar-refractivity contribution in [2.45, 2.75) is 32.6 Å². The molecular weight excluding hydrogens is 196 g/mol. The summed E-state index contributed by atoms with van der Waals surface area (Å²) in [5.41, 5.74) is 0. The molecule has 0 radical (unpaired) electrons. The van der Waals surface area contributed by atoms with Gasteiger partial charge < -0.3 is 5.11 Å². The maximum atomic E-state index is 11.3. The highest BCUT2D eigenvalue weighted by atomic mass is 16.4. The number of hydrogen-bond acceptors (Lipinski definition) is 3. The van der Waals surface area contributed by atoms with Crippen LogP contribution in [0.15, 0.2) is 12.7 Å². The Bertz CT molecular complexity index is 268. The molecule has 84 valence electrons. The van der Waals surface area contributed by atoms with Crippen LogP contribution in [0.3, 0.4) is 0 Å². The molecule has 0 aromatic rings. The second-order valence-electron chi connectivity index (χ2n) is 3.37. The lowest BCUT2D eigenvalue weighted by molar-refractivity contribution is -0.144. The number of ketones is 2. The predicted molar refractivity (Wildman–Crippen MR) is 55.5 cm³/mol. The summed E-state index contributed by atoms with van der Waals surface area (Å²) in [5, 5.41) is 8.76. The van der Waals surface area contributed by atoms with Crippen molar-refractivity contribution in [3.8, 4) is 0 Å². The van der Waals surface area contributed by atoms with Gasteiger partial charge >= 0.3 is 5.97 Å². The Hall–Kier alpha value is -1.45. The van der Waals surface area contributed by atoms with E-state index in [-0.39, 0.29) is 30.8 Å². The molecule has 0 aliphatic carbocycles. The largest absolute Gasteiger partial charge is 0.481 e. The van der Waals surface area contributed by atoms with Crippen molar-refractivity contribution < 1.29 is 19.5 Å². The van der Waals surface area contributed by atoms with Crippen molar-refractivity contribution in [1.82, 2.24) is 0 Å². The minimum absolute atomic E-state index is 0.0902. The van der Waals surface area contributed by atoms with Crippen molar-refractivity contribution in [2.24, 2.45) is 5.92 Å². The number of rotatable bonds is 8. The molecule has 0 heterocycles. The molecule has 0 fully saturated rings. The van der Waals surface area contributed by atoms with Gasteiger partial charge in [0.15, 0.2) is 0 Å². The molecule has 0 aromatic carbocycles. The number of aliphatic carboxylic acids is 1. The average molecular weight is 212 g/mol. The van der Waals surface area contributed by atoms with Gasteiger partial charge in [-0.1, -0.05) is 13.0 Å². The van der Waals surface area contributed by atoms with Gasteiger partial charge in [0.2, 0.25) is 0 Å². The fraction of sp³-hybridized carbons (Fsp3) is 0.545. The zero-order valence-corrected chi connectivity index (χ0v) is 8.86. The van der Waals surface area contributed by atoms with Crippen molar-refractivity contribution in [3.05, 3.63) is 12.7 Å². The molecule has 0 rings (SSSR count). The molecule has 0 saturated carbocycles. The molecule has 1 N–H and O–H groups in total. The number of carboxylic acid groups (broad SMARTS) is 1. The molecule has 0 amide bonds. The summed E-state index contributed by atoms with van der Waals surface area (Å²) in [6, 6.07) is 0. The third kappa shape index (κ3) is 5.78. The van der Waals surface area contributed by atoms with Gasteiger partial charge in [0.25, 0.3) is 0 Å². The first-order valence-corrected chi connectivity index (χ1v) is 4.88. The van der Waals surface area contributed by atoms with E-state index in [9.17, 15) is 14.4 Å². The van der Waals surface area contributed by atoms with Crippen LogP contribution in [0, 0.1) is 5.92 Å². The van der Waals surface area contributed by atoms with E-state index >= 15 is 0 Å². The van der Waals surface area contributed by atoms with E-state index < -0.39 is 11.9 Å². The number of Topliss-reactive ketones (excluding diaryl/α,β-unsaturated/α-hetero) is 2. The van der Waals surface area contributed by atoms with Gasteiger partial charge in [0.1, 0.15) is 11.6 Å². The predicted octanol–water partition coefficient (Wildman–Crippen LogP) is 1.59. The zero-order chi connectivity index (χ0) is 11.8. The lowest BCUT2D eigenvalue weighted by Crippen LogP contribution is -2.19. The summed E-state index contributed by atoms with van der Waals surface area (Å²) in [6.07, 6.45) is 1.78. The van der Waals surface area contributed by atoms with Crippen LogP contribution in [-0.4, -0.2) is 22.6 Å². The lowest BCUT2D eigenvalue weighted by Gasteiger charge is -2.07. The van der Waals surface area contributed by atoms with Crippen molar-refractivity contribution in [3.63, 3.8) is 0 Å². The number of allylic oxidation sites excluding steroid dienone is 1. The van der Waals surface area contributed by atoms with E-state index in [1.807, 2.05) is 0 Å². The molecule has 0 aliphatic rings. The highest BCUT2D eigenvalue weighted by molar-refractivity contribution is 5.99. The van der Waals surface area contributed by atoms with E-state index in [4.69, 9.17) is 5.11 Å². The number of hydrogen-bond donors (Lipinski definition) is 1. The molecule has 0 spiro atoms. The van der Waals surface area contributed by atoms with Crippen molar-refractivity contribution >= 4 is 17.5 Å². The van der Waals surface area contributed by atoms with Crippen LogP contribution in [0.2, 0.25) is 0 Å². The normalized spacial score (nSPS) is 11.8. The molecular formula is C11H16O4. The Balaban J connectivity index is 4.16. The third-order valence-electron chi connectivity index (χ3n) is 2.06. The lowest BCUT2D eigenvalue weighted by atomic mass is 9.96. The third-order valence-corrected chi connectivity index (χ3v) is 2.06. The van der Waals surface area contributed by atoms with Crippen LogP contribution in [0.4, 0.5) is 0 Å². The Labute approximate surface area is 89.0 Å². The molecule has 0 bridgehead atoms. The molecule has 1 atom stereocenters. The number of carboxylic acids is 1. The van der Waals surface area contributed by atoms with Gasteiger partial charge in [0.05, 0.1) is 12.3 Å². The van der Waals surface area contributed by atoms with Gasteiger partial charge in [-0.3, -0.25) is 14.4 Å². The first kappa shape index (κ1) is 13.5. The summed E-state index contributed by atoms with van der Waals surface area (Å²) < 4.78 is 0. The number of carbonyl (C=O) groups is 3. The summed E-state index contributed by atoms with van der Waals surface area (Å²) in [4.78, 5) is 32.9. The molecule has 0 unspecified atom stereocenters. The highest BCUT2D eigenvalue weighted by Crippen LogP contribution is 2.11. The SMILES string of the molecule is C=CC[C@H](CC(=O)CC(=O)CC)C(=O)O.